The van der Waals surface area contributed by atoms with Crippen LogP contribution >= 0.6 is 11.3 Å². The third-order valence-electron chi connectivity index (χ3n) is 3.24. The summed E-state index contributed by atoms with van der Waals surface area (Å²) in [5.41, 5.74) is 1.74. The molecule has 3 heterocycles. The largest absolute Gasteiger partial charge is 0.454 e. The first-order valence-corrected chi connectivity index (χ1v) is 7.32. The zero-order valence-electron chi connectivity index (χ0n) is 11.5. The smallest absolute Gasteiger partial charge is 0.231 e. The number of fused-ring (bicyclic) bond motifs is 1. The third-order valence-corrected chi connectivity index (χ3v) is 4.02. The van der Waals surface area contributed by atoms with Crippen LogP contribution in [0.4, 0.5) is 0 Å². The summed E-state index contributed by atoms with van der Waals surface area (Å²) < 4.78 is 12.5. The van der Waals surface area contributed by atoms with E-state index < -0.39 is 0 Å². The molecule has 0 radical (unpaired) electrons. The molecule has 4 rings (SSSR count). The van der Waals surface area contributed by atoms with E-state index in [4.69, 9.17) is 9.47 Å². The Morgan fingerprint density at radius 3 is 2.86 bits per heavy atom. The van der Waals surface area contributed by atoms with Crippen molar-refractivity contribution < 1.29 is 9.47 Å². The van der Waals surface area contributed by atoms with Crippen molar-refractivity contribution in [3.63, 3.8) is 0 Å². The topological polar surface area (TPSA) is 62.1 Å². The number of aromatic nitrogens is 4. The van der Waals surface area contributed by atoms with Crippen LogP contribution in [-0.2, 0) is 7.05 Å². The first-order chi connectivity index (χ1) is 10.2. The van der Waals surface area contributed by atoms with E-state index in [1.165, 1.54) is 0 Å². The monoisotopic (exact) mass is 300 g/mol. The highest BCUT2D eigenvalue weighted by atomic mass is 32.1. The van der Waals surface area contributed by atoms with Crippen molar-refractivity contribution in [1.29, 1.82) is 0 Å². The van der Waals surface area contributed by atoms with Gasteiger partial charge in [-0.2, -0.15) is 0 Å². The number of hydrogen-bond acceptors (Lipinski definition) is 6. The number of benzene rings is 1. The van der Waals surface area contributed by atoms with E-state index in [0.717, 1.165) is 33.6 Å². The summed E-state index contributed by atoms with van der Waals surface area (Å²) in [5.74, 6) is 2.90. The lowest BCUT2D eigenvalue weighted by molar-refractivity contribution is 0.174. The maximum atomic E-state index is 5.40. The van der Waals surface area contributed by atoms with E-state index >= 15 is 0 Å². The van der Waals surface area contributed by atoms with Gasteiger partial charge in [0.1, 0.15) is 5.69 Å². The molecular weight excluding hydrogens is 288 g/mol. The van der Waals surface area contributed by atoms with Gasteiger partial charge in [-0.05, 0) is 25.1 Å². The Hall–Kier alpha value is -2.41. The van der Waals surface area contributed by atoms with Crippen LogP contribution in [0, 0.1) is 6.92 Å². The molecule has 0 fully saturated rings. The molecule has 21 heavy (non-hydrogen) atoms. The second-order valence-corrected chi connectivity index (χ2v) is 5.76. The fourth-order valence-corrected chi connectivity index (χ4v) is 2.84. The average Bonchev–Trinajstić information content (AvgIpc) is 3.17. The highest BCUT2D eigenvalue weighted by molar-refractivity contribution is 7.09. The Kier molecular flexibility index (Phi) is 2.68. The molecule has 0 bridgehead atoms. The van der Waals surface area contributed by atoms with Crippen LogP contribution in [0.15, 0.2) is 23.6 Å². The van der Waals surface area contributed by atoms with Gasteiger partial charge in [0.2, 0.25) is 12.6 Å². The van der Waals surface area contributed by atoms with Gasteiger partial charge in [-0.3, -0.25) is 0 Å². The molecule has 1 aromatic carbocycles. The Labute approximate surface area is 125 Å². The lowest BCUT2D eigenvalue weighted by Crippen LogP contribution is -1.94. The molecule has 7 heteroatoms. The minimum absolute atomic E-state index is 0.265. The normalized spacial score (nSPS) is 12.9. The number of aryl methyl sites for hydroxylation is 2. The Morgan fingerprint density at radius 1 is 1.19 bits per heavy atom. The maximum Gasteiger partial charge on any atom is 0.231 e. The summed E-state index contributed by atoms with van der Waals surface area (Å²) >= 11 is 1.59. The van der Waals surface area contributed by atoms with E-state index in [0.29, 0.717) is 5.82 Å². The number of hydrogen-bond donors (Lipinski definition) is 0. The van der Waals surface area contributed by atoms with Gasteiger partial charge >= 0.3 is 0 Å². The van der Waals surface area contributed by atoms with Crippen molar-refractivity contribution in [1.82, 2.24) is 19.7 Å². The van der Waals surface area contributed by atoms with Gasteiger partial charge in [-0.25, -0.2) is 14.6 Å². The van der Waals surface area contributed by atoms with Gasteiger partial charge in [0, 0.05) is 18.0 Å². The van der Waals surface area contributed by atoms with E-state index in [1.807, 2.05) is 37.6 Å². The molecule has 2 aromatic heterocycles. The second-order valence-electron chi connectivity index (χ2n) is 4.70. The summed E-state index contributed by atoms with van der Waals surface area (Å²) in [7, 11) is 1.87. The van der Waals surface area contributed by atoms with E-state index in [2.05, 4.69) is 15.1 Å². The number of rotatable bonds is 2. The molecule has 0 amide bonds. The fourth-order valence-electron chi connectivity index (χ4n) is 2.25. The minimum Gasteiger partial charge on any atom is -0.454 e. The van der Waals surface area contributed by atoms with Crippen molar-refractivity contribution in [2.45, 2.75) is 6.92 Å². The second kappa shape index (κ2) is 4.56. The van der Waals surface area contributed by atoms with Gasteiger partial charge < -0.3 is 9.47 Å². The molecule has 1 aliphatic heterocycles. The Morgan fingerprint density at radius 2 is 2.05 bits per heavy atom. The summed E-state index contributed by atoms with van der Waals surface area (Å²) in [5, 5.41) is 7.41. The molecule has 0 spiro atoms. The van der Waals surface area contributed by atoms with Gasteiger partial charge in [-0.1, -0.05) is 0 Å². The van der Waals surface area contributed by atoms with Crippen molar-refractivity contribution >= 4 is 11.3 Å². The molecule has 106 valence electrons. The minimum atomic E-state index is 0.265. The zero-order chi connectivity index (χ0) is 14.4. The molecule has 0 saturated carbocycles. The van der Waals surface area contributed by atoms with Crippen LogP contribution in [0.2, 0.25) is 0 Å². The molecule has 0 saturated heterocycles. The number of nitrogens with zero attached hydrogens (tertiary/aromatic N) is 4. The lowest BCUT2D eigenvalue weighted by atomic mass is 10.2. The van der Waals surface area contributed by atoms with Crippen LogP contribution in [0.1, 0.15) is 5.01 Å². The molecule has 0 atom stereocenters. The summed E-state index contributed by atoms with van der Waals surface area (Å²) in [6, 6.07) is 5.76. The van der Waals surface area contributed by atoms with Crippen molar-refractivity contribution in [2.24, 2.45) is 7.05 Å². The average molecular weight is 300 g/mol. The number of ether oxygens (including phenoxy) is 2. The summed E-state index contributed by atoms with van der Waals surface area (Å²) in [4.78, 5) is 9.01. The molecule has 3 aromatic rings. The van der Waals surface area contributed by atoms with Crippen molar-refractivity contribution in [3.05, 3.63) is 28.6 Å². The standard InChI is InChI=1S/C14H12N4O2S/c1-8-15-10(6-21-8)13-16-14(18(2)17-13)9-3-4-11-12(5-9)20-7-19-11/h3-6H,7H2,1-2H3. The third kappa shape index (κ3) is 2.06. The Balaban J connectivity index is 1.77. The molecular formula is C14H12N4O2S. The van der Waals surface area contributed by atoms with Crippen LogP contribution in [0.3, 0.4) is 0 Å². The predicted molar refractivity (Wildman–Crippen MR) is 78.4 cm³/mol. The van der Waals surface area contributed by atoms with E-state index in [-0.39, 0.29) is 6.79 Å². The molecule has 0 N–H and O–H groups in total. The first kappa shape index (κ1) is 12.3. The fraction of sp³-hybridized carbons (Fsp3) is 0.214. The van der Waals surface area contributed by atoms with Crippen molar-refractivity contribution in [2.75, 3.05) is 6.79 Å². The van der Waals surface area contributed by atoms with Gasteiger partial charge in [-0.15, -0.1) is 16.4 Å². The highest BCUT2D eigenvalue weighted by Crippen LogP contribution is 2.35. The van der Waals surface area contributed by atoms with Gasteiger partial charge in [0.05, 0.1) is 5.01 Å². The summed E-state index contributed by atoms with van der Waals surface area (Å²) in [6.45, 7) is 2.23. The van der Waals surface area contributed by atoms with Gasteiger partial charge in [0.25, 0.3) is 0 Å². The lowest BCUT2D eigenvalue weighted by Gasteiger charge is -2.01. The predicted octanol–water partition coefficient (Wildman–Crippen LogP) is 2.64. The molecule has 0 unspecified atom stereocenters. The van der Waals surface area contributed by atoms with E-state index in [9.17, 15) is 0 Å². The first-order valence-electron chi connectivity index (χ1n) is 6.44. The van der Waals surface area contributed by atoms with Crippen molar-refractivity contribution in [3.8, 4) is 34.4 Å². The van der Waals surface area contributed by atoms with Crippen LogP contribution in [-0.4, -0.2) is 26.5 Å². The van der Waals surface area contributed by atoms with Crippen LogP contribution < -0.4 is 9.47 Å². The highest BCUT2D eigenvalue weighted by Gasteiger charge is 2.18. The summed E-state index contributed by atoms with van der Waals surface area (Å²) in [6.07, 6.45) is 0. The Bertz CT molecular complexity index is 824. The molecule has 1 aliphatic rings. The van der Waals surface area contributed by atoms with Crippen LogP contribution in [0.5, 0.6) is 11.5 Å². The SMILES string of the molecule is Cc1nc(-c2nc(-c3ccc4c(c3)OCO4)n(C)n2)cs1. The zero-order valence-corrected chi connectivity index (χ0v) is 12.3. The van der Waals surface area contributed by atoms with E-state index in [1.54, 1.807) is 16.0 Å². The van der Waals surface area contributed by atoms with Crippen LogP contribution in [0.25, 0.3) is 22.9 Å². The molecule has 0 aliphatic carbocycles. The van der Waals surface area contributed by atoms with Gasteiger partial charge in [0.15, 0.2) is 17.3 Å². The molecule has 6 nitrogen and oxygen atoms in total. The number of thiazole rings is 1. The maximum absolute atomic E-state index is 5.40. The quantitative estimate of drug-likeness (QED) is 0.728.